The normalized spacial score (nSPS) is 12.0. The Morgan fingerprint density at radius 1 is 1.43 bits per heavy atom. The third-order valence-corrected chi connectivity index (χ3v) is 3.78. The number of carbonyl (C=O) groups is 1. The van der Waals surface area contributed by atoms with Crippen LogP contribution in [0.25, 0.3) is 0 Å². The first kappa shape index (κ1) is 15.4. The van der Waals surface area contributed by atoms with Crippen LogP contribution in [0.4, 0.5) is 5.95 Å². The lowest BCUT2D eigenvalue weighted by molar-refractivity contribution is -0.119. The zero-order chi connectivity index (χ0) is 15.1. The van der Waals surface area contributed by atoms with E-state index in [0.29, 0.717) is 5.16 Å². The van der Waals surface area contributed by atoms with Crippen LogP contribution in [0, 0.1) is 0 Å². The van der Waals surface area contributed by atoms with Crippen molar-refractivity contribution in [2.24, 2.45) is 0 Å². The number of anilines is 1. The van der Waals surface area contributed by atoms with Gasteiger partial charge < -0.3 is 11.1 Å². The van der Waals surface area contributed by atoms with Gasteiger partial charge in [-0.15, -0.1) is 5.10 Å². The van der Waals surface area contributed by atoms with Gasteiger partial charge in [0.05, 0.1) is 11.8 Å². The number of nitrogens with two attached hydrogens (primary N) is 1. The Labute approximate surface area is 127 Å². The second-order valence-corrected chi connectivity index (χ2v) is 5.55. The molecule has 1 atom stereocenters. The number of nitrogens with one attached hydrogen (secondary N) is 2. The fraction of sp³-hybridized carbons (Fsp3) is 0.357. The average Bonchev–Trinajstić information content (AvgIpc) is 2.91. The maximum atomic E-state index is 12.1. The molecule has 0 aliphatic carbocycles. The first-order chi connectivity index (χ1) is 10.2. The van der Waals surface area contributed by atoms with E-state index in [1.807, 2.05) is 30.3 Å². The molecule has 2 rings (SSSR count). The van der Waals surface area contributed by atoms with E-state index < -0.39 is 0 Å². The van der Waals surface area contributed by atoms with Crippen molar-refractivity contribution in [1.29, 1.82) is 0 Å². The van der Waals surface area contributed by atoms with Crippen molar-refractivity contribution in [2.75, 3.05) is 11.5 Å². The molecule has 21 heavy (non-hydrogen) atoms. The molecule has 0 fully saturated rings. The molecule has 0 aliphatic heterocycles. The van der Waals surface area contributed by atoms with Crippen LogP contribution in [0.2, 0.25) is 0 Å². The summed E-state index contributed by atoms with van der Waals surface area (Å²) in [4.78, 5) is 16.0. The summed E-state index contributed by atoms with van der Waals surface area (Å²) in [6.07, 6.45) is 1.92. The lowest BCUT2D eigenvalue weighted by Gasteiger charge is -2.18. The number of nitrogen functional groups attached to an aromatic ring is 1. The van der Waals surface area contributed by atoms with Gasteiger partial charge in [-0.3, -0.25) is 4.79 Å². The molecule has 0 unspecified atom stereocenters. The molecule has 0 radical (unpaired) electrons. The summed E-state index contributed by atoms with van der Waals surface area (Å²) >= 11 is 1.26. The van der Waals surface area contributed by atoms with E-state index in [2.05, 4.69) is 27.4 Å². The number of aromatic nitrogens is 3. The first-order valence-electron chi connectivity index (χ1n) is 6.84. The highest BCUT2D eigenvalue weighted by atomic mass is 32.2. The number of thioether (sulfide) groups is 1. The first-order valence-corrected chi connectivity index (χ1v) is 7.82. The van der Waals surface area contributed by atoms with E-state index in [1.165, 1.54) is 11.8 Å². The molecule has 1 aromatic carbocycles. The van der Waals surface area contributed by atoms with Crippen molar-refractivity contribution >= 4 is 23.6 Å². The van der Waals surface area contributed by atoms with Crippen LogP contribution in [0.1, 0.15) is 31.4 Å². The summed E-state index contributed by atoms with van der Waals surface area (Å²) in [6, 6.07) is 10.0. The molecule has 0 bridgehead atoms. The second kappa shape index (κ2) is 7.68. The van der Waals surface area contributed by atoms with E-state index in [9.17, 15) is 4.79 Å². The number of amides is 1. The summed E-state index contributed by atoms with van der Waals surface area (Å²) in [5, 5.41) is 9.96. The number of hydrogen-bond acceptors (Lipinski definition) is 5. The molecule has 6 nitrogen and oxygen atoms in total. The molecule has 2 aromatic rings. The number of rotatable bonds is 7. The predicted molar refractivity (Wildman–Crippen MR) is 83.8 cm³/mol. The van der Waals surface area contributed by atoms with Crippen LogP contribution >= 0.6 is 11.8 Å². The highest BCUT2D eigenvalue weighted by Gasteiger charge is 2.14. The van der Waals surface area contributed by atoms with E-state index in [4.69, 9.17) is 5.73 Å². The van der Waals surface area contributed by atoms with Crippen molar-refractivity contribution < 1.29 is 4.79 Å². The van der Waals surface area contributed by atoms with Crippen LogP contribution in [-0.2, 0) is 4.79 Å². The third kappa shape index (κ3) is 4.78. The quantitative estimate of drug-likeness (QED) is 0.681. The standard InChI is InChI=1S/C14H19N5OS/c1-2-6-11(10-7-4-3-5-8-10)16-12(20)9-21-14-17-13(15)18-19-14/h3-5,7-8,11H,2,6,9H2,1H3,(H,16,20)(H3,15,17,18,19)/t11-/m1/s1. The maximum absolute atomic E-state index is 12.1. The molecule has 0 spiro atoms. The van der Waals surface area contributed by atoms with Gasteiger partial charge in [0.15, 0.2) is 0 Å². The highest BCUT2D eigenvalue weighted by Crippen LogP contribution is 2.19. The van der Waals surface area contributed by atoms with Crippen LogP contribution < -0.4 is 11.1 Å². The molecule has 0 aliphatic rings. The minimum absolute atomic E-state index is 0.0364. The third-order valence-electron chi connectivity index (χ3n) is 2.93. The molecule has 112 valence electrons. The Hall–Kier alpha value is -2.02. The molecule has 4 N–H and O–H groups in total. The number of benzene rings is 1. The topological polar surface area (TPSA) is 96.7 Å². The molecule has 0 saturated heterocycles. The minimum Gasteiger partial charge on any atom is -0.368 e. The van der Waals surface area contributed by atoms with E-state index in [-0.39, 0.29) is 23.7 Å². The van der Waals surface area contributed by atoms with Crippen molar-refractivity contribution in [3.63, 3.8) is 0 Å². The Balaban J connectivity index is 1.89. The Morgan fingerprint density at radius 2 is 2.19 bits per heavy atom. The molecule has 1 amide bonds. The van der Waals surface area contributed by atoms with E-state index in [0.717, 1.165) is 18.4 Å². The number of aromatic amines is 1. The lowest BCUT2D eigenvalue weighted by atomic mass is 10.0. The molecule has 1 heterocycles. The van der Waals surface area contributed by atoms with Gasteiger partial charge >= 0.3 is 0 Å². The van der Waals surface area contributed by atoms with Gasteiger partial charge in [-0.2, -0.15) is 4.98 Å². The summed E-state index contributed by atoms with van der Waals surface area (Å²) in [7, 11) is 0. The van der Waals surface area contributed by atoms with E-state index in [1.54, 1.807) is 0 Å². The summed E-state index contributed by atoms with van der Waals surface area (Å²) in [5.74, 6) is 0.487. The molecule has 1 aromatic heterocycles. The molecule has 0 saturated carbocycles. The number of H-pyrrole nitrogens is 1. The zero-order valence-electron chi connectivity index (χ0n) is 11.9. The number of nitrogens with zero attached hydrogens (tertiary/aromatic N) is 2. The predicted octanol–water partition coefficient (Wildman–Crippen LogP) is 2.14. The fourth-order valence-corrected chi connectivity index (χ4v) is 2.60. The van der Waals surface area contributed by atoms with Crippen molar-refractivity contribution in [3.05, 3.63) is 35.9 Å². The zero-order valence-corrected chi connectivity index (χ0v) is 12.7. The van der Waals surface area contributed by atoms with Gasteiger partial charge in [-0.05, 0) is 12.0 Å². The molecular formula is C14H19N5OS. The molecule has 7 heteroatoms. The Kier molecular flexibility index (Phi) is 5.62. The summed E-state index contributed by atoms with van der Waals surface area (Å²) in [5.41, 5.74) is 6.56. The van der Waals surface area contributed by atoms with Crippen LogP contribution in [0.3, 0.4) is 0 Å². The highest BCUT2D eigenvalue weighted by molar-refractivity contribution is 7.99. The van der Waals surface area contributed by atoms with Gasteiger partial charge in [0.25, 0.3) is 0 Å². The fourth-order valence-electron chi connectivity index (χ4n) is 1.98. The SMILES string of the molecule is CCC[C@@H](NC(=O)CSc1n[nH]c(N)n1)c1ccccc1. The number of carbonyl (C=O) groups excluding carboxylic acids is 1. The van der Waals surface area contributed by atoms with Gasteiger partial charge in [-0.1, -0.05) is 55.4 Å². The van der Waals surface area contributed by atoms with Gasteiger partial charge in [-0.25, -0.2) is 5.10 Å². The second-order valence-electron chi connectivity index (χ2n) is 4.61. The van der Waals surface area contributed by atoms with Crippen molar-refractivity contribution in [3.8, 4) is 0 Å². The molecular weight excluding hydrogens is 286 g/mol. The summed E-state index contributed by atoms with van der Waals surface area (Å²) in [6.45, 7) is 2.10. The monoisotopic (exact) mass is 305 g/mol. The number of hydrogen-bond donors (Lipinski definition) is 3. The van der Waals surface area contributed by atoms with E-state index >= 15 is 0 Å². The largest absolute Gasteiger partial charge is 0.368 e. The van der Waals surface area contributed by atoms with Crippen molar-refractivity contribution in [2.45, 2.75) is 31.0 Å². The maximum Gasteiger partial charge on any atom is 0.230 e. The van der Waals surface area contributed by atoms with Crippen LogP contribution in [0.5, 0.6) is 0 Å². The smallest absolute Gasteiger partial charge is 0.230 e. The van der Waals surface area contributed by atoms with Crippen LogP contribution in [0.15, 0.2) is 35.5 Å². The van der Waals surface area contributed by atoms with Gasteiger partial charge in [0, 0.05) is 0 Å². The van der Waals surface area contributed by atoms with Crippen molar-refractivity contribution in [1.82, 2.24) is 20.5 Å². The Bertz CT molecular complexity index is 572. The summed E-state index contributed by atoms with van der Waals surface area (Å²) < 4.78 is 0. The minimum atomic E-state index is -0.0364. The van der Waals surface area contributed by atoms with Gasteiger partial charge in [0.2, 0.25) is 17.0 Å². The average molecular weight is 305 g/mol. The van der Waals surface area contributed by atoms with Gasteiger partial charge in [0.1, 0.15) is 0 Å². The van der Waals surface area contributed by atoms with Crippen LogP contribution in [-0.4, -0.2) is 26.8 Å². The Morgan fingerprint density at radius 3 is 2.81 bits per heavy atom. The lowest BCUT2D eigenvalue weighted by Crippen LogP contribution is -2.29.